The number of rotatable bonds is 8. The van der Waals surface area contributed by atoms with Crippen molar-refractivity contribution < 1.29 is 24.0 Å². The van der Waals surface area contributed by atoms with Gasteiger partial charge in [-0.1, -0.05) is 54.1 Å². The maximum Gasteiger partial charge on any atom is 0.261 e. The van der Waals surface area contributed by atoms with E-state index in [0.29, 0.717) is 18.2 Å². The molecule has 168 valence electrons. The van der Waals surface area contributed by atoms with Crippen molar-refractivity contribution in [1.29, 1.82) is 0 Å². The topological polar surface area (TPSA) is 88.2 Å². The zero-order chi connectivity index (χ0) is 22.7. The van der Waals surface area contributed by atoms with E-state index in [4.69, 9.17) is 21.2 Å². The number of hydrogen-bond donors (Lipinski definition) is 1. The number of halogens is 1. The summed E-state index contributed by atoms with van der Waals surface area (Å²) in [4.78, 5) is 46.0. The quantitative estimate of drug-likeness (QED) is 0.481. The SMILES string of the molecule is COCCNC(=O)CN1OC2C(=O)N(Cc3ccccc3)C(=O)C2C1c1ccc(Cl)cc1. The van der Waals surface area contributed by atoms with Crippen LogP contribution >= 0.6 is 11.6 Å². The van der Waals surface area contributed by atoms with Gasteiger partial charge in [-0.05, 0) is 23.3 Å². The van der Waals surface area contributed by atoms with E-state index in [9.17, 15) is 14.4 Å². The predicted octanol–water partition coefficient (Wildman–Crippen LogP) is 1.94. The molecule has 3 amide bonds. The first kappa shape index (κ1) is 22.4. The van der Waals surface area contributed by atoms with Gasteiger partial charge in [0.05, 0.1) is 25.1 Å². The zero-order valence-electron chi connectivity index (χ0n) is 17.6. The number of fused-ring (bicyclic) bond motifs is 1. The molecule has 2 aliphatic rings. The summed E-state index contributed by atoms with van der Waals surface area (Å²) in [5, 5.41) is 4.71. The fourth-order valence-electron chi connectivity index (χ4n) is 4.11. The van der Waals surface area contributed by atoms with Crippen molar-refractivity contribution >= 4 is 29.3 Å². The Morgan fingerprint density at radius 3 is 2.50 bits per heavy atom. The highest BCUT2D eigenvalue weighted by atomic mass is 35.5. The van der Waals surface area contributed by atoms with Crippen LogP contribution in [0.4, 0.5) is 0 Å². The van der Waals surface area contributed by atoms with E-state index in [1.54, 1.807) is 31.4 Å². The van der Waals surface area contributed by atoms with Gasteiger partial charge in [0, 0.05) is 18.7 Å². The number of nitrogens with one attached hydrogen (secondary N) is 1. The molecule has 0 aliphatic carbocycles. The number of nitrogens with zero attached hydrogens (tertiary/aromatic N) is 2. The van der Waals surface area contributed by atoms with Gasteiger partial charge in [-0.25, -0.2) is 0 Å². The Labute approximate surface area is 191 Å². The van der Waals surface area contributed by atoms with Gasteiger partial charge in [-0.3, -0.25) is 24.1 Å². The third-order valence-corrected chi connectivity index (χ3v) is 5.86. The minimum atomic E-state index is -0.973. The van der Waals surface area contributed by atoms with Crippen molar-refractivity contribution in [2.45, 2.75) is 18.7 Å². The third kappa shape index (κ3) is 4.54. The second-order valence-corrected chi connectivity index (χ2v) is 8.15. The fourth-order valence-corrected chi connectivity index (χ4v) is 4.23. The standard InChI is InChI=1S/C23H24ClN3O5/c1-31-12-11-25-18(28)14-27-20(16-7-9-17(24)10-8-16)19-21(32-27)23(30)26(22(19)29)13-15-5-3-2-4-6-15/h2-10,19-21H,11-14H2,1H3,(H,25,28). The van der Waals surface area contributed by atoms with Crippen LogP contribution in [0.5, 0.6) is 0 Å². The molecule has 0 spiro atoms. The number of benzene rings is 2. The number of amides is 3. The van der Waals surface area contributed by atoms with Gasteiger partial charge in [-0.15, -0.1) is 0 Å². The molecule has 8 nitrogen and oxygen atoms in total. The molecule has 2 aromatic rings. The molecule has 2 fully saturated rings. The minimum Gasteiger partial charge on any atom is -0.383 e. The van der Waals surface area contributed by atoms with E-state index in [1.807, 2.05) is 30.3 Å². The highest BCUT2D eigenvalue weighted by Crippen LogP contribution is 2.44. The number of hydrogen-bond acceptors (Lipinski definition) is 6. The second-order valence-electron chi connectivity index (χ2n) is 7.71. The Hall–Kier alpha value is -2.78. The van der Waals surface area contributed by atoms with Gasteiger partial charge in [0.25, 0.3) is 5.91 Å². The molecule has 2 aliphatic heterocycles. The maximum atomic E-state index is 13.3. The van der Waals surface area contributed by atoms with Crippen molar-refractivity contribution in [3.05, 3.63) is 70.7 Å². The molecule has 32 heavy (non-hydrogen) atoms. The van der Waals surface area contributed by atoms with Crippen LogP contribution in [0.15, 0.2) is 54.6 Å². The van der Waals surface area contributed by atoms with Crippen LogP contribution in [-0.2, 0) is 30.5 Å². The van der Waals surface area contributed by atoms with Crippen molar-refractivity contribution in [1.82, 2.24) is 15.3 Å². The van der Waals surface area contributed by atoms with E-state index >= 15 is 0 Å². The molecule has 2 saturated heterocycles. The van der Waals surface area contributed by atoms with Crippen LogP contribution in [0.2, 0.25) is 5.02 Å². The zero-order valence-corrected chi connectivity index (χ0v) is 18.3. The van der Waals surface area contributed by atoms with Crippen LogP contribution in [0, 0.1) is 5.92 Å². The molecular weight excluding hydrogens is 434 g/mol. The molecule has 2 aromatic carbocycles. The molecule has 0 radical (unpaired) electrons. The summed E-state index contributed by atoms with van der Waals surface area (Å²) in [6.45, 7) is 0.789. The van der Waals surface area contributed by atoms with Crippen molar-refractivity contribution in [3.8, 4) is 0 Å². The lowest BCUT2D eigenvalue weighted by Crippen LogP contribution is -2.41. The first-order valence-corrected chi connectivity index (χ1v) is 10.7. The van der Waals surface area contributed by atoms with Gasteiger partial charge in [0.15, 0.2) is 6.10 Å². The van der Waals surface area contributed by atoms with Crippen molar-refractivity contribution in [2.75, 3.05) is 26.8 Å². The number of hydroxylamine groups is 2. The number of carbonyl (C=O) groups excluding carboxylic acids is 3. The highest BCUT2D eigenvalue weighted by molar-refractivity contribution is 6.30. The summed E-state index contributed by atoms with van der Waals surface area (Å²) in [6, 6.07) is 15.7. The number of ether oxygens (including phenoxy) is 1. The lowest BCUT2D eigenvalue weighted by molar-refractivity contribution is -0.182. The first-order chi connectivity index (χ1) is 15.5. The normalized spacial score (nSPS) is 22.9. The Morgan fingerprint density at radius 2 is 1.81 bits per heavy atom. The second kappa shape index (κ2) is 9.79. The summed E-state index contributed by atoms with van der Waals surface area (Å²) in [5.41, 5.74) is 1.60. The molecule has 0 bridgehead atoms. The lowest BCUT2D eigenvalue weighted by atomic mass is 9.91. The number of imide groups is 1. The summed E-state index contributed by atoms with van der Waals surface area (Å²) in [5.74, 6) is -1.75. The van der Waals surface area contributed by atoms with E-state index in [0.717, 1.165) is 11.1 Å². The van der Waals surface area contributed by atoms with E-state index < -0.39 is 24.0 Å². The Morgan fingerprint density at radius 1 is 1.09 bits per heavy atom. The predicted molar refractivity (Wildman–Crippen MR) is 116 cm³/mol. The number of methoxy groups -OCH3 is 1. The Bertz CT molecular complexity index is 985. The Balaban J connectivity index is 1.58. The molecule has 4 rings (SSSR count). The van der Waals surface area contributed by atoms with Gasteiger partial charge in [0.2, 0.25) is 11.8 Å². The largest absolute Gasteiger partial charge is 0.383 e. The summed E-state index contributed by atoms with van der Waals surface area (Å²) in [7, 11) is 1.55. The van der Waals surface area contributed by atoms with Crippen LogP contribution in [0.1, 0.15) is 17.2 Å². The third-order valence-electron chi connectivity index (χ3n) is 5.61. The smallest absolute Gasteiger partial charge is 0.261 e. The maximum absolute atomic E-state index is 13.3. The summed E-state index contributed by atoms with van der Waals surface area (Å²) < 4.78 is 4.95. The molecule has 3 unspecified atom stereocenters. The van der Waals surface area contributed by atoms with Gasteiger partial charge in [0.1, 0.15) is 6.54 Å². The summed E-state index contributed by atoms with van der Waals surface area (Å²) >= 11 is 6.04. The van der Waals surface area contributed by atoms with Crippen molar-refractivity contribution in [2.24, 2.45) is 5.92 Å². The number of likely N-dealkylation sites (tertiary alicyclic amines) is 1. The van der Waals surface area contributed by atoms with Gasteiger partial charge in [-0.2, -0.15) is 5.06 Å². The van der Waals surface area contributed by atoms with Crippen molar-refractivity contribution in [3.63, 3.8) is 0 Å². The average molecular weight is 458 g/mol. The fraction of sp³-hybridized carbons (Fsp3) is 0.348. The van der Waals surface area contributed by atoms with Crippen LogP contribution < -0.4 is 5.32 Å². The lowest BCUT2D eigenvalue weighted by Gasteiger charge is -2.26. The number of carbonyl (C=O) groups is 3. The monoisotopic (exact) mass is 457 g/mol. The Kier molecular flexibility index (Phi) is 6.86. The molecule has 9 heteroatoms. The van der Waals surface area contributed by atoms with Gasteiger partial charge >= 0.3 is 0 Å². The van der Waals surface area contributed by atoms with Crippen LogP contribution in [0.25, 0.3) is 0 Å². The van der Waals surface area contributed by atoms with E-state index in [1.165, 1.54) is 9.96 Å². The van der Waals surface area contributed by atoms with Crippen LogP contribution in [-0.4, -0.2) is 60.6 Å². The molecule has 2 heterocycles. The molecule has 3 atom stereocenters. The van der Waals surface area contributed by atoms with Crippen LogP contribution in [0.3, 0.4) is 0 Å². The molecule has 0 saturated carbocycles. The van der Waals surface area contributed by atoms with Gasteiger partial charge < -0.3 is 10.1 Å². The minimum absolute atomic E-state index is 0.122. The molecule has 0 aromatic heterocycles. The van der Waals surface area contributed by atoms with E-state index in [2.05, 4.69) is 5.32 Å². The first-order valence-electron chi connectivity index (χ1n) is 10.3. The average Bonchev–Trinajstić information content (AvgIpc) is 3.26. The highest BCUT2D eigenvalue weighted by Gasteiger charge is 2.59. The molecule has 1 N–H and O–H groups in total. The molecular formula is C23H24ClN3O5. The van der Waals surface area contributed by atoms with E-state index in [-0.39, 0.29) is 24.9 Å². The summed E-state index contributed by atoms with van der Waals surface area (Å²) in [6.07, 6.45) is -0.973.